The summed E-state index contributed by atoms with van der Waals surface area (Å²) in [5, 5.41) is 0. The molecule has 7 heteroatoms. The van der Waals surface area contributed by atoms with E-state index in [1.54, 1.807) is 14.2 Å². The molecule has 2 saturated heterocycles. The van der Waals surface area contributed by atoms with Crippen LogP contribution in [0.5, 0.6) is 11.5 Å². The van der Waals surface area contributed by atoms with Crippen LogP contribution in [0.4, 0.5) is 0 Å². The number of aromatic nitrogens is 2. The van der Waals surface area contributed by atoms with Crippen LogP contribution >= 0.6 is 0 Å². The second-order valence-electron chi connectivity index (χ2n) is 10.9. The van der Waals surface area contributed by atoms with Gasteiger partial charge in [-0.25, -0.2) is 4.98 Å². The maximum atomic E-state index is 12.3. The van der Waals surface area contributed by atoms with Crippen LogP contribution in [0.25, 0.3) is 22.4 Å². The molecule has 2 aliphatic rings. The number of aryl methyl sites for hydroxylation is 1. The molecule has 2 aromatic carbocycles. The first-order valence-electron chi connectivity index (χ1n) is 13.6. The molecule has 0 atom stereocenters. The lowest BCUT2D eigenvalue weighted by Gasteiger charge is -2.42. The molecular weight excluding hydrogens is 464 g/mol. The topological polar surface area (TPSA) is 70.7 Å². The molecule has 1 amide bonds. The molecule has 3 aromatic rings. The Morgan fingerprint density at radius 3 is 2.32 bits per heavy atom. The van der Waals surface area contributed by atoms with Crippen LogP contribution in [0, 0.1) is 12.8 Å². The minimum Gasteiger partial charge on any atom is -0.493 e. The Labute approximate surface area is 220 Å². The van der Waals surface area contributed by atoms with Gasteiger partial charge in [-0.3, -0.25) is 4.79 Å². The van der Waals surface area contributed by atoms with Crippen molar-refractivity contribution in [1.29, 1.82) is 0 Å². The second kappa shape index (κ2) is 10.7. The van der Waals surface area contributed by atoms with E-state index < -0.39 is 0 Å². The molecule has 1 aromatic heterocycles. The number of nitrogens with zero attached hydrogens (tertiary/aromatic N) is 3. The molecule has 3 heterocycles. The molecule has 0 saturated carbocycles. The maximum absolute atomic E-state index is 12.3. The quantitative estimate of drug-likeness (QED) is 0.488. The van der Waals surface area contributed by atoms with E-state index >= 15 is 0 Å². The number of aromatic amines is 1. The zero-order chi connectivity index (χ0) is 26.1. The zero-order valence-corrected chi connectivity index (χ0v) is 22.8. The summed E-state index contributed by atoms with van der Waals surface area (Å²) in [5.74, 6) is 3.21. The lowest BCUT2D eigenvalue weighted by molar-refractivity contribution is -0.136. The first-order chi connectivity index (χ1) is 17.9. The summed E-state index contributed by atoms with van der Waals surface area (Å²) in [6, 6.07) is 11.1. The Hall–Kier alpha value is -3.06. The van der Waals surface area contributed by atoms with Crippen LogP contribution in [0.15, 0.2) is 30.3 Å². The van der Waals surface area contributed by atoms with E-state index in [2.05, 4.69) is 33.8 Å². The first-order valence-corrected chi connectivity index (χ1v) is 13.6. The van der Waals surface area contributed by atoms with Gasteiger partial charge in [-0.2, -0.15) is 0 Å². The SMILES string of the molecule is COc1ccc(-c2nc3c(C)cc(C4CCN(C5CCN(C(=O)C(C)C)CC5)CC4)cc3[nH]2)cc1OC. The standard InChI is InChI=1S/C30H40N4O3/c1-19(2)30(35)34-14-10-24(11-15-34)33-12-8-21(9-13-33)23-16-20(3)28-25(17-23)31-29(32-28)22-6-7-26(36-4)27(18-22)37-5/h6-7,16-19,21,24H,8-15H2,1-5H3,(H,31,32). The molecule has 0 bridgehead atoms. The Morgan fingerprint density at radius 1 is 0.973 bits per heavy atom. The number of carbonyl (C=O) groups is 1. The molecule has 0 unspecified atom stereocenters. The Balaban J connectivity index is 1.26. The molecule has 198 valence electrons. The predicted molar refractivity (Wildman–Crippen MR) is 147 cm³/mol. The average Bonchev–Trinajstić information content (AvgIpc) is 3.37. The van der Waals surface area contributed by atoms with Crippen molar-refractivity contribution in [3.8, 4) is 22.9 Å². The number of carbonyl (C=O) groups excluding carboxylic acids is 1. The van der Waals surface area contributed by atoms with E-state index in [0.29, 0.717) is 29.4 Å². The highest BCUT2D eigenvalue weighted by Gasteiger charge is 2.30. The highest BCUT2D eigenvalue weighted by Crippen LogP contribution is 2.35. The number of fused-ring (bicyclic) bond motifs is 1. The van der Waals surface area contributed by atoms with Gasteiger partial charge in [-0.15, -0.1) is 0 Å². The number of nitrogens with one attached hydrogen (secondary N) is 1. The van der Waals surface area contributed by atoms with Crippen LogP contribution in [0.1, 0.15) is 56.6 Å². The first kappa shape index (κ1) is 25.6. The minimum absolute atomic E-state index is 0.0954. The lowest BCUT2D eigenvalue weighted by atomic mass is 9.87. The number of hydrogen-bond acceptors (Lipinski definition) is 5. The predicted octanol–water partition coefficient (Wildman–Crippen LogP) is 5.38. The molecular formula is C30H40N4O3. The minimum atomic E-state index is 0.0954. The number of piperidine rings is 2. The fraction of sp³-hybridized carbons (Fsp3) is 0.533. The van der Waals surface area contributed by atoms with Crippen molar-refractivity contribution in [2.45, 2.75) is 58.4 Å². The summed E-state index contributed by atoms with van der Waals surface area (Å²) in [4.78, 5) is 25.5. The molecule has 1 N–H and O–H groups in total. The third-order valence-corrected chi connectivity index (χ3v) is 8.24. The zero-order valence-electron chi connectivity index (χ0n) is 22.8. The molecule has 7 nitrogen and oxygen atoms in total. The van der Waals surface area contributed by atoms with Crippen LogP contribution in [0.3, 0.4) is 0 Å². The highest BCUT2D eigenvalue weighted by molar-refractivity contribution is 5.83. The molecule has 37 heavy (non-hydrogen) atoms. The van der Waals surface area contributed by atoms with Gasteiger partial charge in [0.1, 0.15) is 5.82 Å². The van der Waals surface area contributed by atoms with Crippen LogP contribution in [0.2, 0.25) is 0 Å². The summed E-state index contributed by atoms with van der Waals surface area (Å²) in [6.45, 7) is 10.2. The fourth-order valence-electron chi connectivity index (χ4n) is 6.09. The van der Waals surface area contributed by atoms with E-state index in [-0.39, 0.29) is 5.92 Å². The van der Waals surface area contributed by atoms with Crippen molar-refractivity contribution in [2.75, 3.05) is 40.4 Å². The van der Waals surface area contributed by atoms with Gasteiger partial charge < -0.3 is 24.3 Å². The number of ether oxygens (including phenoxy) is 2. The van der Waals surface area contributed by atoms with E-state index in [1.807, 2.05) is 32.0 Å². The monoisotopic (exact) mass is 504 g/mol. The van der Waals surface area contributed by atoms with Gasteiger partial charge in [0.25, 0.3) is 0 Å². The van der Waals surface area contributed by atoms with Crippen LogP contribution in [-0.2, 0) is 4.79 Å². The normalized spacial score (nSPS) is 18.1. The van der Waals surface area contributed by atoms with E-state index in [0.717, 1.165) is 61.4 Å². The second-order valence-corrected chi connectivity index (χ2v) is 10.9. The van der Waals surface area contributed by atoms with Crippen molar-refractivity contribution >= 4 is 16.9 Å². The molecule has 0 aliphatic carbocycles. The van der Waals surface area contributed by atoms with E-state index in [9.17, 15) is 4.79 Å². The third kappa shape index (κ3) is 5.19. The van der Waals surface area contributed by atoms with Crippen molar-refractivity contribution < 1.29 is 14.3 Å². The van der Waals surface area contributed by atoms with Gasteiger partial charge >= 0.3 is 0 Å². The Morgan fingerprint density at radius 2 is 1.68 bits per heavy atom. The molecule has 0 spiro atoms. The van der Waals surface area contributed by atoms with Crippen molar-refractivity contribution in [3.05, 3.63) is 41.5 Å². The largest absolute Gasteiger partial charge is 0.493 e. The number of amides is 1. The average molecular weight is 505 g/mol. The van der Waals surface area contributed by atoms with Crippen molar-refractivity contribution in [3.63, 3.8) is 0 Å². The van der Waals surface area contributed by atoms with Gasteiger partial charge in [0, 0.05) is 30.6 Å². The maximum Gasteiger partial charge on any atom is 0.225 e. The number of hydrogen-bond donors (Lipinski definition) is 1. The summed E-state index contributed by atoms with van der Waals surface area (Å²) in [7, 11) is 3.30. The summed E-state index contributed by atoms with van der Waals surface area (Å²) in [6.07, 6.45) is 4.54. The van der Waals surface area contributed by atoms with Gasteiger partial charge in [0.15, 0.2) is 11.5 Å². The number of H-pyrrole nitrogens is 1. The third-order valence-electron chi connectivity index (χ3n) is 8.24. The summed E-state index contributed by atoms with van der Waals surface area (Å²) < 4.78 is 10.9. The van der Waals surface area contributed by atoms with Crippen LogP contribution in [-0.4, -0.2) is 72.1 Å². The number of likely N-dealkylation sites (tertiary alicyclic amines) is 2. The van der Waals surface area contributed by atoms with Crippen LogP contribution < -0.4 is 9.47 Å². The molecule has 2 fully saturated rings. The highest BCUT2D eigenvalue weighted by atomic mass is 16.5. The number of imidazole rings is 1. The van der Waals surface area contributed by atoms with E-state index in [4.69, 9.17) is 14.5 Å². The lowest BCUT2D eigenvalue weighted by Crippen LogP contribution is -2.49. The van der Waals surface area contributed by atoms with Crippen molar-refractivity contribution in [1.82, 2.24) is 19.8 Å². The van der Waals surface area contributed by atoms with Gasteiger partial charge in [0.2, 0.25) is 5.91 Å². The van der Waals surface area contributed by atoms with E-state index in [1.165, 1.54) is 24.0 Å². The van der Waals surface area contributed by atoms with Gasteiger partial charge in [-0.1, -0.05) is 19.9 Å². The summed E-state index contributed by atoms with van der Waals surface area (Å²) in [5.41, 5.74) is 5.70. The summed E-state index contributed by atoms with van der Waals surface area (Å²) >= 11 is 0. The van der Waals surface area contributed by atoms with Gasteiger partial charge in [0.05, 0.1) is 25.3 Å². The molecule has 5 rings (SSSR count). The Bertz CT molecular complexity index is 1250. The van der Waals surface area contributed by atoms with Crippen molar-refractivity contribution in [2.24, 2.45) is 5.92 Å². The number of methoxy groups -OCH3 is 2. The Kier molecular flexibility index (Phi) is 7.43. The van der Waals surface area contributed by atoms with Gasteiger partial charge in [-0.05, 0) is 87.0 Å². The number of benzene rings is 2. The molecule has 2 aliphatic heterocycles. The number of rotatable bonds is 6. The fourth-order valence-corrected chi connectivity index (χ4v) is 6.09. The smallest absolute Gasteiger partial charge is 0.225 e. The molecule has 0 radical (unpaired) electrons.